The normalized spacial score (nSPS) is 29.5. The van der Waals surface area contributed by atoms with E-state index in [0.717, 1.165) is 11.1 Å². The molecule has 1 saturated carbocycles. The van der Waals surface area contributed by atoms with Crippen LogP contribution in [0.2, 0.25) is 0 Å². The quantitative estimate of drug-likeness (QED) is 0.620. The van der Waals surface area contributed by atoms with E-state index in [1.807, 2.05) is 18.2 Å². The maximum absolute atomic E-state index is 14.5. The van der Waals surface area contributed by atoms with E-state index in [-0.39, 0.29) is 30.7 Å². The molecule has 1 aromatic rings. The van der Waals surface area contributed by atoms with Gasteiger partial charge in [0, 0.05) is 31.6 Å². The molecule has 1 aromatic carbocycles. The van der Waals surface area contributed by atoms with Gasteiger partial charge >= 0.3 is 0 Å². The van der Waals surface area contributed by atoms with Gasteiger partial charge in [0.2, 0.25) is 11.8 Å². The number of nitrogens with one attached hydrogen (secondary N) is 2. The lowest BCUT2D eigenvalue weighted by Crippen LogP contribution is -2.52. The van der Waals surface area contributed by atoms with Gasteiger partial charge in [0.25, 0.3) is 5.91 Å². The van der Waals surface area contributed by atoms with Gasteiger partial charge in [-0.3, -0.25) is 19.7 Å². The molecule has 0 bridgehead atoms. The Morgan fingerprint density at radius 3 is 2.79 bits per heavy atom. The molecule has 1 aliphatic carbocycles. The first-order valence-electron chi connectivity index (χ1n) is 9.75. The Balaban J connectivity index is 1.42. The lowest BCUT2D eigenvalue weighted by Gasteiger charge is -2.41. The van der Waals surface area contributed by atoms with Gasteiger partial charge in [-0.05, 0) is 42.9 Å². The van der Waals surface area contributed by atoms with Crippen LogP contribution in [0.5, 0.6) is 0 Å². The molecule has 0 aromatic heterocycles. The van der Waals surface area contributed by atoms with Crippen LogP contribution in [0.15, 0.2) is 18.2 Å². The molecule has 1 saturated heterocycles. The van der Waals surface area contributed by atoms with E-state index < -0.39 is 17.6 Å². The molecular formula is C20H25FN4O3. The van der Waals surface area contributed by atoms with E-state index in [4.69, 9.17) is 5.73 Å². The fraction of sp³-hybridized carbons (Fsp3) is 0.550. The number of benzene rings is 1. The minimum Gasteiger partial charge on any atom is -0.330 e. The summed E-state index contributed by atoms with van der Waals surface area (Å²) in [6, 6.07) is 4.97. The molecule has 2 aliphatic heterocycles. The summed E-state index contributed by atoms with van der Waals surface area (Å²) in [5, 5.41) is 5.44. The van der Waals surface area contributed by atoms with E-state index in [1.165, 1.54) is 4.90 Å². The van der Waals surface area contributed by atoms with Gasteiger partial charge in [-0.25, -0.2) is 4.39 Å². The number of fused-ring (bicyclic) bond motifs is 1. The Labute approximate surface area is 162 Å². The van der Waals surface area contributed by atoms with Crippen LogP contribution in [0.4, 0.5) is 4.39 Å². The number of nitrogens with zero attached hydrogens (tertiary/aromatic N) is 1. The number of piperidine rings is 1. The van der Waals surface area contributed by atoms with Crippen molar-refractivity contribution in [1.82, 2.24) is 15.5 Å². The molecular weight excluding hydrogens is 363 g/mol. The van der Waals surface area contributed by atoms with E-state index >= 15 is 0 Å². The minimum atomic E-state index is -1.22. The predicted molar refractivity (Wildman–Crippen MR) is 99.8 cm³/mol. The third-order valence-electron chi connectivity index (χ3n) is 6.04. The first kappa shape index (κ1) is 19.0. The summed E-state index contributed by atoms with van der Waals surface area (Å²) in [5.74, 6) is -0.667. The van der Waals surface area contributed by atoms with E-state index in [9.17, 15) is 18.8 Å². The number of halogens is 1. The Morgan fingerprint density at radius 2 is 2.07 bits per heavy atom. The Bertz CT molecular complexity index is 822. The van der Waals surface area contributed by atoms with Gasteiger partial charge in [0.1, 0.15) is 11.7 Å². The summed E-state index contributed by atoms with van der Waals surface area (Å²) in [4.78, 5) is 38.1. The zero-order chi connectivity index (χ0) is 19.9. The first-order chi connectivity index (χ1) is 13.4. The number of carbonyl (C=O) groups is 3. The lowest BCUT2D eigenvalue weighted by molar-refractivity contribution is -0.136. The number of nitrogens with two attached hydrogens (primary N) is 1. The zero-order valence-corrected chi connectivity index (χ0v) is 15.7. The van der Waals surface area contributed by atoms with Crippen molar-refractivity contribution in [3.63, 3.8) is 0 Å². The number of hydrogen-bond acceptors (Lipinski definition) is 5. The van der Waals surface area contributed by atoms with Crippen molar-refractivity contribution < 1.29 is 18.8 Å². The number of hydrogen-bond donors (Lipinski definition) is 3. The molecule has 28 heavy (non-hydrogen) atoms. The van der Waals surface area contributed by atoms with Crippen molar-refractivity contribution in [2.45, 2.75) is 50.5 Å². The highest BCUT2D eigenvalue weighted by molar-refractivity contribution is 6.05. The maximum Gasteiger partial charge on any atom is 0.255 e. The van der Waals surface area contributed by atoms with Crippen LogP contribution >= 0.6 is 0 Å². The molecule has 2 fully saturated rings. The summed E-state index contributed by atoms with van der Waals surface area (Å²) in [7, 11) is 0. The molecule has 3 aliphatic rings. The van der Waals surface area contributed by atoms with Gasteiger partial charge < -0.3 is 16.0 Å². The summed E-state index contributed by atoms with van der Waals surface area (Å²) < 4.78 is 14.5. The maximum atomic E-state index is 14.5. The van der Waals surface area contributed by atoms with Crippen LogP contribution in [-0.4, -0.2) is 47.4 Å². The van der Waals surface area contributed by atoms with Crippen molar-refractivity contribution >= 4 is 17.7 Å². The Hall–Kier alpha value is -2.32. The van der Waals surface area contributed by atoms with Crippen LogP contribution in [0.25, 0.3) is 0 Å². The van der Waals surface area contributed by atoms with Crippen LogP contribution in [0.3, 0.4) is 0 Å². The predicted octanol–water partition coefficient (Wildman–Crippen LogP) is 0.614. The van der Waals surface area contributed by atoms with Crippen molar-refractivity contribution in [3.8, 4) is 0 Å². The number of carbonyl (C=O) groups excluding carboxylic acids is 3. The van der Waals surface area contributed by atoms with Crippen LogP contribution < -0.4 is 16.4 Å². The zero-order valence-electron chi connectivity index (χ0n) is 15.7. The standard InChI is InChI=1S/C20H25FN4O3/c21-20(6-12(7-20)8-22)11-23-9-13-2-1-3-14-10-25(19(28)17(13)14)15-4-5-16(26)24-18(15)27/h1-3,12,15,23H,4-11,22H2,(H,24,26,27). The second kappa shape index (κ2) is 7.25. The minimum absolute atomic E-state index is 0.205. The largest absolute Gasteiger partial charge is 0.330 e. The van der Waals surface area contributed by atoms with Crippen molar-refractivity contribution in [2.75, 3.05) is 13.1 Å². The van der Waals surface area contributed by atoms with E-state index in [0.29, 0.717) is 44.5 Å². The molecule has 4 N–H and O–H groups in total. The number of alkyl halides is 1. The summed E-state index contributed by atoms with van der Waals surface area (Å²) >= 11 is 0. The van der Waals surface area contributed by atoms with Crippen molar-refractivity contribution in [3.05, 3.63) is 34.9 Å². The van der Waals surface area contributed by atoms with Crippen molar-refractivity contribution in [2.24, 2.45) is 11.7 Å². The average molecular weight is 388 g/mol. The van der Waals surface area contributed by atoms with Crippen LogP contribution in [-0.2, 0) is 22.7 Å². The third-order valence-corrected chi connectivity index (χ3v) is 6.04. The Morgan fingerprint density at radius 1 is 1.29 bits per heavy atom. The molecule has 1 unspecified atom stereocenters. The highest BCUT2D eigenvalue weighted by atomic mass is 19.1. The molecule has 3 amide bonds. The van der Waals surface area contributed by atoms with Gasteiger partial charge in [0.05, 0.1) is 0 Å². The smallest absolute Gasteiger partial charge is 0.255 e. The molecule has 8 heteroatoms. The van der Waals surface area contributed by atoms with Crippen molar-refractivity contribution in [1.29, 1.82) is 0 Å². The SMILES string of the molecule is NCC1CC(F)(CNCc2cccc3c2C(=O)N(C2CCC(=O)NC2=O)C3)C1. The molecule has 150 valence electrons. The van der Waals surface area contributed by atoms with Gasteiger partial charge in [-0.15, -0.1) is 0 Å². The highest BCUT2D eigenvalue weighted by Gasteiger charge is 2.44. The lowest BCUT2D eigenvalue weighted by atomic mass is 9.72. The Kier molecular flexibility index (Phi) is 4.93. The topological polar surface area (TPSA) is 105 Å². The molecule has 0 spiro atoms. The van der Waals surface area contributed by atoms with Crippen LogP contribution in [0, 0.1) is 5.92 Å². The molecule has 2 heterocycles. The first-order valence-corrected chi connectivity index (χ1v) is 9.75. The average Bonchev–Trinajstić information content (AvgIpc) is 2.97. The van der Waals surface area contributed by atoms with Gasteiger partial charge in [-0.2, -0.15) is 0 Å². The third kappa shape index (κ3) is 3.42. The number of amides is 3. The molecule has 4 rings (SSSR count). The monoisotopic (exact) mass is 388 g/mol. The number of imide groups is 1. The van der Waals surface area contributed by atoms with E-state index in [2.05, 4.69) is 10.6 Å². The van der Waals surface area contributed by atoms with E-state index in [1.54, 1.807) is 0 Å². The summed E-state index contributed by atoms with van der Waals surface area (Å²) in [6.07, 6.45) is 1.52. The fourth-order valence-electron chi connectivity index (χ4n) is 4.54. The van der Waals surface area contributed by atoms with Gasteiger partial charge in [-0.1, -0.05) is 18.2 Å². The van der Waals surface area contributed by atoms with Gasteiger partial charge in [0.15, 0.2) is 0 Å². The summed E-state index contributed by atoms with van der Waals surface area (Å²) in [6.45, 7) is 1.48. The van der Waals surface area contributed by atoms with Crippen LogP contribution in [0.1, 0.15) is 47.2 Å². The molecule has 7 nitrogen and oxygen atoms in total. The molecule has 0 radical (unpaired) electrons. The molecule has 1 atom stereocenters. The second-order valence-electron chi connectivity index (χ2n) is 8.12. The highest BCUT2D eigenvalue weighted by Crippen LogP contribution is 2.40. The fourth-order valence-corrected chi connectivity index (χ4v) is 4.54. The summed E-state index contributed by atoms with van der Waals surface area (Å²) in [5.41, 5.74) is 6.59. The second-order valence-corrected chi connectivity index (χ2v) is 8.12. The number of rotatable bonds is 6.